The minimum absolute atomic E-state index is 0.00901. The van der Waals surface area contributed by atoms with E-state index in [1.807, 2.05) is 32.2 Å². The fourth-order valence-electron chi connectivity index (χ4n) is 3.20. The molecule has 4 aromatic rings. The average molecular weight is 408 g/mol. The van der Waals surface area contributed by atoms with E-state index in [1.54, 1.807) is 16.2 Å². The molecule has 0 saturated carbocycles. The third-order valence-corrected chi connectivity index (χ3v) is 6.86. The number of hydrogen-bond donors (Lipinski definition) is 0. The van der Waals surface area contributed by atoms with Gasteiger partial charge in [0.05, 0.1) is 22.5 Å². The summed E-state index contributed by atoms with van der Waals surface area (Å²) in [5.41, 5.74) is 5.25. The molecule has 0 spiro atoms. The zero-order valence-corrected chi connectivity index (χ0v) is 17.9. The van der Waals surface area contributed by atoms with Crippen LogP contribution in [0.3, 0.4) is 0 Å². The number of rotatable bonds is 4. The third kappa shape index (κ3) is 3.57. The van der Waals surface area contributed by atoms with Crippen LogP contribution in [-0.4, -0.2) is 27.8 Å². The summed E-state index contributed by atoms with van der Waals surface area (Å²) < 4.78 is 1.14. The van der Waals surface area contributed by atoms with Gasteiger partial charge >= 0.3 is 0 Å². The van der Waals surface area contributed by atoms with E-state index >= 15 is 0 Å². The number of aromatic nitrogens is 2. The van der Waals surface area contributed by atoms with Gasteiger partial charge in [0.15, 0.2) is 0 Å². The summed E-state index contributed by atoms with van der Waals surface area (Å²) in [5, 5.41) is 1.83. The molecule has 2 aromatic heterocycles. The van der Waals surface area contributed by atoms with Gasteiger partial charge in [-0.1, -0.05) is 35.9 Å². The van der Waals surface area contributed by atoms with Gasteiger partial charge in [-0.2, -0.15) is 0 Å². The molecular weight excluding hydrogens is 386 g/mol. The Morgan fingerprint density at radius 1 is 1.04 bits per heavy atom. The molecule has 0 aliphatic rings. The fraction of sp³-hybridized carbons (Fsp3) is 0.227. The van der Waals surface area contributed by atoms with Gasteiger partial charge in [0.2, 0.25) is 0 Å². The van der Waals surface area contributed by atoms with Gasteiger partial charge in [-0.15, -0.1) is 22.7 Å². The summed E-state index contributed by atoms with van der Waals surface area (Å²) >= 11 is 3.10. The molecule has 0 unspecified atom stereocenters. The number of fused-ring (bicyclic) bond motifs is 1. The van der Waals surface area contributed by atoms with Gasteiger partial charge in [0.1, 0.15) is 14.9 Å². The molecule has 6 heteroatoms. The first-order valence-corrected chi connectivity index (χ1v) is 10.7. The second-order valence-corrected chi connectivity index (χ2v) is 9.10. The summed E-state index contributed by atoms with van der Waals surface area (Å²) in [6.45, 7) is 6.56. The predicted molar refractivity (Wildman–Crippen MR) is 117 cm³/mol. The predicted octanol–water partition coefficient (Wildman–Crippen LogP) is 5.62. The van der Waals surface area contributed by atoms with Crippen LogP contribution >= 0.6 is 22.7 Å². The fourth-order valence-corrected chi connectivity index (χ4v) is 5.37. The highest BCUT2D eigenvalue weighted by atomic mass is 32.1. The molecule has 0 N–H and O–H groups in total. The van der Waals surface area contributed by atoms with Crippen LogP contribution in [0.5, 0.6) is 0 Å². The minimum atomic E-state index is -0.00901. The molecule has 4 nitrogen and oxygen atoms in total. The van der Waals surface area contributed by atoms with Crippen LogP contribution in [0.1, 0.15) is 31.5 Å². The van der Waals surface area contributed by atoms with Crippen molar-refractivity contribution in [2.45, 2.75) is 27.3 Å². The van der Waals surface area contributed by atoms with E-state index in [4.69, 9.17) is 0 Å². The molecule has 0 aliphatic heterocycles. The third-order valence-electron chi connectivity index (χ3n) is 4.66. The van der Waals surface area contributed by atoms with E-state index in [-0.39, 0.29) is 5.91 Å². The molecule has 2 heterocycles. The molecule has 28 heavy (non-hydrogen) atoms. The number of para-hydroxylation sites is 1. The molecule has 1 amide bonds. The van der Waals surface area contributed by atoms with Crippen LogP contribution < -0.4 is 0 Å². The lowest BCUT2D eigenvalue weighted by molar-refractivity contribution is 0.0789. The van der Waals surface area contributed by atoms with Crippen molar-refractivity contribution in [2.75, 3.05) is 7.05 Å². The molecular formula is C22H21N3OS2. The average Bonchev–Trinajstić information content (AvgIpc) is 3.23. The Kier molecular flexibility index (Phi) is 5.00. The van der Waals surface area contributed by atoms with E-state index in [9.17, 15) is 4.79 Å². The highest BCUT2D eigenvalue weighted by molar-refractivity contribution is 7.18. The first-order chi connectivity index (χ1) is 13.4. The standard InChI is InChI=1S/C22H21N3OS2/c1-13-9-10-16(14(2)11-13)21-23-15(3)20(28-21)22(26)25(4)12-19-24-17-7-5-6-8-18(17)27-19/h5-11H,12H2,1-4H3. The zero-order chi connectivity index (χ0) is 19.8. The molecule has 4 rings (SSSR count). The van der Waals surface area contributed by atoms with E-state index in [0.29, 0.717) is 11.4 Å². The highest BCUT2D eigenvalue weighted by Gasteiger charge is 2.21. The van der Waals surface area contributed by atoms with Gasteiger partial charge in [-0.3, -0.25) is 4.79 Å². The summed E-state index contributed by atoms with van der Waals surface area (Å²) in [5.74, 6) is -0.00901. The maximum absolute atomic E-state index is 13.0. The number of amides is 1. The van der Waals surface area contributed by atoms with Crippen LogP contribution in [-0.2, 0) is 6.54 Å². The quantitative estimate of drug-likeness (QED) is 0.441. The normalized spacial score (nSPS) is 11.1. The van der Waals surface area contributed by atoms with Crippen molar-refractivity contribution in [3.63, 3.8) is 0 Å². The Balaban J connectivity index is 1.58. The number of carbonyl (C=O) groups is 1. The lowest BCUT2D eigenvalue weighted by atomic mass is 10.1. The van der Waals surface area contributed by atoms with Crippen LogP contribution in [0.2, 0.25) is 0 Å². The van der Waals surface area contributed by atoms with Gasteiger partial charge in [-0.05, 0) is 38.5 Å². The van der Waals surface area contributed by atoms with Crippen molar-refractivity contribution in [3.8, 4) is 10.6 Å². The maximum atomic E-state index is 13.0. The lowest BCUT2D eigenvalue weighted by Crippen LogP contribution is -2.25. The number of nitrogens with zero attached hydrogens (tertiary/aromatic N) is 3. The SMILES string of the molecule is Cc1ccc(-c2nc(C)c(C(=O)N(C)Cc3nc4ccccc4s3)s2)c(C)c1. The number of aryl methyl sites for hydroxylation is 3. The number of carbonyl (C=O) groups excluding carboxylic acids is 1. The number of benzene rings is 2. The van der Waals surface area contributed by atoms with Crippen LogP contribution in [0.25, 0.3) is 20.8 Å². The van der Waals surface area contributed by atoms with Crippen LogP contribution in [0.4, 0.5) is 0 Å². The Hall–Kier alpha value is -2.57. The van der Waals surface area contributed by atoms with Gasteiger partial charge in [0, 0.05) is 12.6 Å². The van der Waals surface area contributed by atoms with Gasteiger partial charge < -0.3 is 4.90 Å². The van der Waals surface area contributed by atoms with E-state index in [1.165, 1.54) is 22.5 Å². The van der Waals surface area contributed by atoms with E-state index in [2.05, 4.69) is 48.1 Å². The Morgan fingerprint density at radius 2 is 1.82 bits per heavy atom. The highest BCUT2D eigenvalue weighted by Crippen LogP contribution is 2.31. The number of hydrogen-bond acceptors (Lipinski definition) is 5. The van der Waals surface area contributed by atoms with Gasteiger partial charge in [-0.25, -0.2) is 9.97 Å². The molecule has 0 fully saturated rings. The number of thiazole rings is 2. The summed E-state index contributed by atoms with van der Waals surface area (Å²) in [6, 6.07) is 14.4. The first-order valence-electron chi connectivity index (χ1n) is 9.07. The molecule has 0 saturated heterocycles. The smallest absolute Gasteiger partial charge is 0.265 e. The Labute approximate surface area is 172 Å². The van der Waals surface area contributed by atoms with Crippen LogP contribution in [0.15, 0.2) is 42.5 Å². The monoisotopic (exact) mass is 407 g/mol. The lowest BCUT2D eigenvalue weighted by Gasteiger charge is -2.14. The zero-order valence-electron chi connectivity index (χ0n) is 16.3. The molecule has 0 bridgehead atoms. The van der Waals surface area contributed by atoms with Crippen molar-refractivity contribution >= 4 is 38.8 Å². The topological polar surface area (TPSA) is 46.1 Å². The molecule has 0 atom stereocenters. The summed E-state index contributed by atoms with van der Waals surface area (Å²) in [4.78, 5) is 24.8. The largest absolute Gasteiger partial charge is 0.334 e. The molecule has 142 valence electrons. The second kappa shape index (κ2) is 7.45. The molecule has 0 aliphatic carbocycles. The van der Waals surface area contributed by atoms with Gasteiger partial charge in [0.25, 0.3) is 5.91 Å². The van der Waals surface area contributed by atoms with E-state index in [0.717, 1.165) is 31.5 Å². The molecule has 0 radical (unpaired) electrons. The summed E-state index contributed by atoms with van der Waals surface area (Å²) in [7, 11) is 1.82. The molecule has 2 aromatic carbocycles. The van der Waals surface area contributed by atoms with E-state index < -0.39 is 0 Å². The van der Waals surface area contributed by atoms with Crippen molar-refractivity contribution in [3.05, 3.63) is 69.2 Å². The second-order valence-electron chi connectivity index (χ2n) is 6.99. The van der Waals surface area contributed by atoms with Crippen molar-refractivity contribution in [2.24, 2.45) is 0 Å². The van der Waals surface area contributed by atoms with Crippen molar-refractivity contribution in [1.82, 2.24) is 14.9 Å². The van der Waals surface area contributed by atoms with Crippen LogP contribution in [0, 0.1) is 20.8 Å². The van der Waals surface area contributed by atoms with Crippen molar-refractivity contribution in [1.29, 1.82) is 0 Å². The first kappa shape index (κ1) is 18.8. The van der Waals surface area contributed by atoms with Crippen molar-refractivity contribution < 1.29 is 4.79 Å². The Bertz CT molecular complexity index is 1140. The summed E-state index contributed by atoms with van der Waals surface area (Å²) in [6.07, 6.45) is 0. The minimum Gasteiger partial charge on any atom is -0.334 e. The Morgan fingerprint density at radius 3 is 2.57 bits per heavy atom. The maximum Gasteiger partial charge on any atom is 0.265 e.